The fraction of sp³-hybridized carbons (Fsp3) is 0.167. The molecule has 0 saturated heterocycles. The van der Waals surface area contributed by atoms with Gasteiger partial charge in [-0.1, -0.05) is 60.7 Å². The number of hydrogen-bond donors (Lipinski definition) is 6. The molecule has 12 heteroatoms. The van der Waals surface area contributed by atoms with Crippen LogP contribution in [0.15, 0.2) is 126 Å². The smallest absolute Gasteiger partial charge is 0.335 e. The summed E-state index contributed by atoms with van der Waals surface area (Å²) in [5, 5.41) is 55.1. The molecule has 0 unspecified atom stereocenters. The van der Waals surface area contributed by atoms with Gasteiger partial charge in [-0.05, 0) is 66.4 Å². The minimum Gasteiger partial charge on any atom is -0.478 e. The van der Waals surface area contributed by atoms with Crippen molar-refractivity contribution in [1.82, 2.24) is 4.57 Å². The van der Waals surface area contributed by atoms with Crippen molar-refractivity contribution in [3.05, 3.63) is 154 Å². The molecule has 1 heterocycles. The first-order valence-electron chi connectivity index (χ1n) is 14.6. The number of nitrogens with zero attached hydrogens (tertiary/aromatic N) is 1. The van der Waals surface area contributed by atoms with Crippen molar-refractivity contribution in [2.75, 3.05) is 6.61 Å². The highest BCUT2D eigenvalue weighted by Crippen LogP contribution is 2.34. The van der Waals surface area contributed by atoms with Crippen molar-refractivity contribution in [2.24, 2.45) is 5.92 Å². The number of carboxylic acid groups (broad SMARTS) is 3. The van der Waals surface area contributed by atoms with E-state index in [0.29, 0.717) is 28.5 Å². The summed E-state index contributed by atoms with van der Waals surface area (Å²) in [4.78, 5) is 43.1. The fourth-order valence-electron chi connectivity index (χ4n) is 4.79. The number of halogens is 1. The highest BCUT2D eigenvalue weighted by molar-refractivity contribution is 5.88. The zero-order valence-corrected chi connectivity index (χ0v) is 25.4. The third-order valence-electron chi connectivity index (χ3n) is 7.32. The Morgan fingerprint density at radius 2 is 1.10 bits per heavy atom. The van der Waals surface area contributed by atoms with Crippen LogP contribution in [0.25, 0.3) is 10.8 Å². The Balaban J connectivity index is 0.000000193. The van der Waals surface area contributed by atoms with E-state index in [0.717, 1.165) is 6.07 Å². The molecule has 1 fully saturated rings. The number of carbonyl (C=O) groups is 3. The zero-order valence-electron chi connectivity index (χ0n) is 25.4. The minimum absolute atomic E-state index is 0.228. The first-order chi connectivity index (χ1) is 22.9. The lowest BCUT2D eigenvalue weighted by Crippen LogP contribution is -2.34. The summed E-state index contributed by atoms with van der Waals surface area (Å²) in [5.74, 6) is -3.61. The van der Waals surface area contributed by atoms with Crippen molar-refractivity contribution in [3.63, 3.8) is 0 Å². The second-order valence-corrected chi connectivity index (χ2v) is 10.5. The third kappa shape index (κ3) is 10.2. The topological polar surface area (TPSA) is 195 Å². The van der Waals surface area contributed by atoms with Gasteiger partial charge in [-0.25, -0.2) is 18.8 Å². The molecule has 1 aromatic heterocycles. The molecule has 0 bridgehead atoms. The fourth-order valence-corrected chi connectivity index (χ4v) is 4.79. The summed E-state index contributed by atoms with van der Waals surface area (Å²) in [6.07, 6.45) is -0.386. The quantitative estimate of drug-likeness (QED) is 0.156. The number of aromatic carboxylic acids is 3. The zero-order chi connectivity index (χ0) is 35.2. The van der Waals surface area contributed by atoms with Gasteiger partial charge in [0.1, 0.15) is 11.9 Å². The molecule has 0 spiro atoms. The van der Waals surface area contributed by atoms with E-state index in [1.165, 1.54) is 22.9 Å². The number of pyridine rings is 1. The van der Waals surface area contributed by atoms with Gasteiger partial charge in [-0.2, -0.15) is 0 Å². The number of carboxylic acids is 3. The Morgan fingerprint density at radius 3 is 1.46 bits per heavy atom. The van der Waals surface area contributed by atoms with E-state index >= 15 is 0 Å². The molecular formula is C36H34FNO10. The van der Waals surface area contributed by atoms with Gasteiger partial charge in [-0.3, -0.25) is 4.79 Å². The molecule has 0 amide bonds. The predicted octanol–water partition coefficient (Wildman–Crippen LogP) is 4.57. The largest absolute Gasteiger partial charge is 0.478 e. The number of rotatable bonds is 5. The van der Waals surface area contributed by atoms with E-state index in [1.54, 1.807) is 97.1 Å². The van der Waals surface area contributed by atoms with E-state index in [2.05, 4.69) is 0 Å². The lowest BCUT2D eigenvalue weighted by Gasteiger charge is -2.19. The third-order valence-corrected chi connectivity index (χ3v) is 7.32. The van der Waals surface area contributed by atoms with Gasteiger partial charge in [0, 0.05) is 18.7 Å². The van der Waals surface area contributed by atoms with Gasteiger partial charge >= 0.3 is 17.9 Å². The summed E-state index contributed by atoms with van der Waals surface area (Å²) in [6.45, 7) is -0.258. The summed E-state index contributed by atoms with van der Waals surface area (Å²) in [7, 11) is 0. The minimum atomic E-state index is -1.13. The molecule has 6 N–H and O–H groups in total. The van der Waals surface area contributed by atoms with Gasteiger partial charge in [0.15, 0.2) is 0 Å². The maximum absolute atomic E-state index is 13.3. The number of aliphatic hydroxyl groups is 3. The van der Waals surface area contributed by atoms with E-state index < -0.39 is 53.5 Å². The van der Waals surface area contributed by atoms with Crippen LogP contribution >= 0.6 is 0 Å². The van der Waals surface area contributed by atoms with Crippen LogP contribution in [0.5, 0.6) is 0 Å². The summed E-state index contributed by atoms with van der Waals surface area (Å²) >= 11 is 0. The maximum Gasteiger partial charge on any atom is 0.335 e. The highest BCUT2D eigenvalue weighted by atomic mass is 19.1. The number of fused-ring (bicyclic) bond motifs is 1. The molecule has 1 aliphatic rings. The van der Waals surface area contributed by atoms with Crippen LogP contribution in [0.3, 0.4) is 0 Å². The van der Waals surface area contributed by atoms with E-state index in [-0.39, 0.29) is 12.0 Å². The predicted molar refractivity (Wildman–Crippen MR) is 175 cm³/mol. The van der Waals surface area contributed by atoms with Crippen LogP contribution in [0, 0.1) is 11.7 Å². The molecule has 5 aromatic rings. The number of benzene rings is 4. The molecular weight excluding hydrogens is 625 g/mol. The van der Waals surface area contributed by atoms with Crippen molar-refractivity contribution in [3.8, 4) is 0 Å². The van der Waals surface area contributed by atoms with Crippen LogP contribution in [-0.4, -0.2) is 71.9 Å². The van der Waals surface area contributed by atoms with Gasteiger partial charge in [0.25, 0.3) is 5.56 Å². The molecule has 11 nitrogen and oxygen atoms in total. The van der Waals surface area contributed by atoms with Gasteiger partial charge in [0.2, 0.25) is 0 Å². The molecule has 4 aromatic carbocycles. The first-order valence-corrected chi connectivity index (χ1v) is 14.6. The molecule has 250 valence electrons. The SMILES string of the molecule is O=C(O)c1ccccc1.O=C(O)c1ccccc1.O=C(O)c1ccccc1.O=c1c2cc(F)ccc2ccn1[C@@H]1C[C@H](CO)[C@@H](O)[C@H]1O. The lowest BCUT2D eigenvalue weighted by molar-refractivity contribution is -0.00436. The Labute approximate surface area is 274 Å². The average molecular weight is 660 g/mol. The van der Waals surface area contributed by atoms with E-state index in [4.69, 9.17) is 15.3 Å². The molecule has 0 radical (unpaired) electrons. The Kier molecular flexibility index (Phi) is 13.7. The molecule has 6 rings (SSSR count). The highest BCUT2D eigenvalue weighted by Gasteiger charge is 2.42. The molecule has 1 aliphatic carbocycles. The van der Waals surface area contributed by atoms with Crippen LogP contribution in [0.4, 0.5) is 4.39 Å². The Bertz CT molecular complexity index is 1730. The van der Waals surface area contributed by atoms with Gasteiger partial charge in [0.05, 0.1) is 34.2 Å². The van der Waals surface area contributed by atoms with Gasteiger partial charge in [-0.15, -0.1) is 0 Å². The Morgan fingerprint density at radius 1 is 0.667 bits per heavy atom. The second kappa shape index (κ2) is 17.9. The van der Waals surface area contributed by atoms with Crippen LogP contribution in [0.2, 0.25) is 0 Å². The van der Waals surface area contributed by atoms with Crippen molar-refractivity contribution in [1.29, 1.82) is 0 Å². The van der Waals surface area contributed by atoms with Crippen LogP contribution in [0.1, 0.15) is 43.5 Å². The maximum atomic E-state index is 13.3. The van der Waals surface area contributed by atoms with Crippen molar-refractivity contribution >= 4 is 28.7 Å². The monoisotopic (exact) mass is 659 g/mol. The summed E-state index contributed by atoms with van der Waals surface area (Å²) < 4.78 is 14.6. The van der Waals surface area contributed by atoms with Crippen molar-refractivity contribution < 1.29 is 49.4 Å². The molecule has 0 aliphatic heterocycles. The van der Waals surface area contributed by atoms with E-state index in [9.17, 15) is 38.9 Å². The molecule has 1 saturated carbocycles. The summed E-state index contributed by atoms with van der Waals surface area (Å²) in [5.41, 5.74) is 0.578. The standard InChI is InChI=1S/C15H16FNO4.3C7H6O2/c16-10-2-1-8-3-4-17(15(21)11(8)6-10)12-5-9(7-18)13(19)14(12)20;3*8-7(9)6-4-2-1-3-5-6/h1-4,6,9,12-14,18-20H,5,7H2;3*1-5H,(H,8,9)/t9-,12-,13-,14+;;;/m1.../s1. The number of aromatic nitrogens is 1. The average Bonchev–Trinajstić information content (AvgIpc) is 3.39. The Hall–Kier alpha value is -5.69. The number of aliphatic hydroxyl groups excluding tert-OH is 3. The lowest BCUT2D eigenvalue weighted by atomic mass is 10.1. The molecule has 4 atom stereocenters. The van der Waals surface area contributed by atoms with E-state index in [1.807, 2.05) is 0 Å². The van der Waals surface area contributed by atoms with Crippen LogP contribution < -0.4 is 5.56 Å². The first kappa shape index (κ1) is 36.8. The molecule has 48 heavy (non-hydrogen) atoms. The van der Waals surface area contributed by atoms with Gasteiger partial charge < -0.3 is 35.2 Å². The second-order valence-electron chi connectivity index (χ2n) is 10.5. The normalized spacial score (nSPS) is 17.8. The summed E-state index contributed by atoms with van der Waals surface area (Å²) in [6, 6.07) is 29.9. The van der Waals surface area contributed by atoms with Crippen LogP contribution in [-0.2, 0) is 0 Å². The number of hydrogen-bond acceptors (Lipinski definition) is 7. The van der Waals surface area contributed by atoms with Crippen molar-refractivity contribution in [2.45, 2.75) is 24.7 Å².